The highest BCUT2D eigenvalue weighted by Gasteiger charge is 2.26. The van der Waals surface area contributed by atoms with Crippen LogP contribution in [0.1, 0.15) is 34.7 Å². The minimum atomic E-state index is -0.477. The molecule has 0 aromatic heterocycles. The van der Waals surface area contributed by atoms with Gasteiger partial charge in [-0.1, -0.05) is 30.3 Å². The zero-order valence-corrected chi connectivity index (χ0v) is 14.9. The van der Waals surface area contributed by atoms with E-state index in [1.54, 1.807) is 0 Å². The second-order valence-corrected chi connectivity index (χ2v) is 6.74. The van der Waals surface area contributed by atoms with Crippen molar-refractivity contribution in [2.45, 2.75) is 46.8 Å². The van der Waals surface area contributed by atoms with E-state index in [0.717, 1.165) is 29.8 Å². The molecule has 3 nitrogen and oxygen atoms in total. The Morgan fingerprint density at radius 1 is 1.12 bits per heavy atom. The number of aryl methyl sites for hydroxylation is 2. The molecular formula is C21H25NO2. The van der Waals surface area contributed by atoms with Crippen LogP contribution in [0, 0.1) is 20.8 Å². The average Bonchev–Trinajstić information content (AvgIpc) is 2.58. The van der Waals surface area contributed by atoms with Crippen LogP contribution in [0.5, 0.6) is 5.75 Å². The summed E-state index contributed by atoms with van der Waals surface area (Å²) >= 11 is 0. The molecule has 3 heteroatoms. The van der Waals surface area contributed by atoms with Gasteiger partial charge in [0, 0.05) is 13.1 Å². The van der Waals surface area contributed by atoms with Crippen molar-refractivity contribution >= 4 is 5.91 Å². The second kappa shape index (κ2) is 6.68. The fourth-order valence-corrected chi connectivity index (χ4v) is 3.31. The van der Waals surface area contributed by atoms with Gasteiger partial charge in [0.1, 0.15) is 5.75 Å². The maximum absolute atomic E-state index is 12.8. The first-order chi connectivity index (χ1) is 11.5. The van der Waals surface area contributed by atoms with Crippen molar-refractivity contribution in [1.82, 2.24) is 4.90 Å². The van der Waals surface area contributed by atoms with E-state index < -0.39 is 6.10 Å². The van der Waals surface area contributed by atoms with Crippen LogP contribution in [0.4, 0.5) is 0 Å². The molecule has 3 rings (SSSR count). The normalized spacial score (nSPS) is 14.9. The minimum Gasteiger partial charge on any atom is -0.481 e. The Bertz CT molecular complexity index is 766. The second-order valence-electron chi connectivity index (χ2n) is 6.74. The Morgan fingerprint density at radius 2 is 1.83 bits per heavy atom. The lowest BCUT2D eigenvalue weighted by molar-refractivity contribution is -0.138. The van der Waals surface area contributed by atoms with Gasteiger partial charge in [0.15, 0.2) is 6.10 Å². The monoisotopic (exact) mass is 323 g/mol. The SMILES string of the molecule is Cc1cc(C)c(C)c(O[C@@H](C)C(=O)N2CCc3ccccc3C2)c1. The predicted molar refractivity (Wildman–Crippen MR) is 96.3 cm³/mol. The van der Waals surface area contributed by atoms with E-state index in [4.69, 9.17) is 4.74 Å². The molecule has 1 amide bonds. The average molecular weight is 323 g/mol. The molecule has 0 saturated heterocycles. The van der Waals surface area contributed by atoms with E-state index in [-0.39, 0.29) is 5.91 Å². The van der Waals surface area contributed by atoms with Crippen molar-refractivity contribution < 1.29 is 9.53 Å². The molecule has 24 heavy (non-hydrogen) atoms. The van der Waals surface area contributed by atoms with Crippen LogP contribution in [-0.2, 0) is 17.8 Å². The van der Waals surface area contributed by atoms with E-state index >= 15 is 0 Å². The highest BCUT2D eigenvalue weighted by Crippen LogP contribution is 2.25. The zero-order chi connectivity index (χ0) is 17.3. The Hall–Kier alpha value is -2.29. The van der Waals surface area contributed by atoms with Gasteiger partial charge < -0.3 is 9.64 Å². The summed E-state index contributed by atoms with van der Waals surface area (Å²) < 4.78 is 6.02. The van der Waals surface area contributed by atoms with Gasteiger partial charge in [-0.25, -0.2) is 0 Å². The van der Waals surface area contributed by atoms with Crippen molar-refractivity contribution in [3.05, 3.63) is 64.2 Å². The highest BCUT2D eigenvalue weighted by atomic mass is 16.5. The van der Waals surface area contributed by atoms with Crippen molar-refractivity contribution in [3.8, 4) is 5.75 Å². The third-order valence-corrected chi connectivity index (χ3v) is 4.86. The molecule has 0 fully saturated rings. The van der Waals surface area contributed by atoms with E-state index in [1.165, 1.54) is 16.7 Å². The molecule has 0 spiro atoms. The molecule has 2 aromatic rings. The molecule has 0 radical (unpaired) electrons. The molecule has 0 saturated carbocycles. The molecule has 1 aliphatic rings. The van der Waals surface area contributed by atoms with Crippen LogP contribution in [0.2, 0.25) is 0 Å². The summed E-state index contributed by atoms with van der Waals surface area (Å²) in [6, 6.07) is 12.5. The third kappa shape index (κ3) is 3.30. The van der Waals surface area contributed by atoms with Crippen molar-refractivity contribution in [2.24, 2.45) is 0 Å². The van der Waals surface area contributed by atoms with E-state index in [1.807, 2.05) is 37.8 Å². The fourth-order valence-electron chi connectivity index (χ4n) is 3.31. The first kappa shape index (κ1) is 16.6. The van der Waals surface area contributed by atoms with E-state index in [9.17, 15) is 4.79 Å². The Labute approximate surface area is 144 Å². The standard InChI is InChI=1S/C21H25NO2/c1-14-11-15(2)16(3)20(12-14)24-17(4)21(23)22-10-9-18-7-5-6-8-19(18)13-22/h5-8,11-12,17H,9-10,13H2,1-4H3/t17-/m0/s1. The Kier molecular flexibility index (Phi) is 4.61. The van der Waals surface area contributed by atoms with Gasteiger partial charge in [0.25, 0.3) is 5.91 Å². The molecule has 0 unspecified atom stereocenters. The summed E-state index contributed by atoms with van der Waals surface area (Å²) in [6.07, 6.45) is 0.437. The molecule has 0 N–H and O–H groups in total. The smallest absolute Gasteiger partial charge is 0.263 e. The van der Waals surface area contributed by atoms with Crippen LogP contribution in [0.25, 0.3) is 0 Å². The number of hydrogen-bond donors (Lipinski definition) is 0. The Balaban J connectivity index is 1.72. The number of fused-ring (bicyclic) bond motifs is 1. The third-order valence-electron chi connectivity index (χ3n) is 4.86. The molecule has 1 aliphatic heterocycles. The van der Waals surface area contributed by atoms with Gasteiger partial charge >= 0.3 is 0 Å². The molecular weight excluding hydrogens is 298 g/mol. The lowest BCUT2D eigenvalue weighted by Gasteiger charge is -2.31. The van der Waals surface area contributed by atoms with Gasteiger partial charge in [-0.2, -0.15) is 0 Å². The van der Waals surface area contributed by atoms with Crippen LogP contribution in [0.3, 0.4) is 0 Å². The summed E-state index contributed by atoms with van der Waals surface area (Å²) in [4.78, 5) is 14.7. The first-order valence-corrected chi connectivity index (χ1v) is 8.56. The fraction of sp³-hybridized carbons (Fsp3) is 0.381. The molecule has 126 valence electrons. The first-order valence-electron chi connectivity index (χ1n) is 8.56. The number of carbonyl (C=O) groups is 1. The maximum atomic E-state index is 12.8. The van der Waals surface area contributed by atoms with Crippen molar-refractivity contribution in [2.75, 3.05) is 6.54 Å². The van der Waals surface area contributed by atoms with Gasteiger partial charge in [0.2, 0.25) is 0 Å². The maximum Gasteiger partial charge on any atom is 0.263 e. The minimum absolute atomic E-state index is 0.0584. The molecule has 2 aromatic carbocycles. The van der Waals surface area contributed by atoms with Crippen LogP contribution >= 0.6 is 0 Å². The van der Waals surface area contributed by atoms with Gasteiger partial charge in [0.05, 0.1) is 0 Å². The van der Waals surface area contributed by atoms with Gasteiger partial charge in [-0.05, 0) is 68.0 Å². The topological polar surface area (TPSA) is 29.5 Å². The molecule has 0 bridgehead atoms. The number of ether oxygens (including phenoxy) is 1. The molecule has 0 aliphatic carbocycles. The van der Waals surface area contributed by atoms with Crippen molar-refractivity contribution in [1.29, 1.82) is 0 Å². The largest absolute Gasteiger partial charge is 0.481 e. The summed E-state index contributed by atoms with van der Waals surface area (Å²) in [6.45, 7) is 9.44. The number of rotatable bonds is 3. The van der Waals surface area contributed by atoms with Crippen LogP contribution in [-0.4, -0.2) is 23.5 Å². The summed E-state index contributed by atoms with van der Waals surface area (Å²) in [5.74, 6) is 0.869. The molecule has 1 heterocycles. The lowest BCUT2D eigenvalue weighted by Crippen LogP contribution is -2.43. The zero-order valence-electron chi connectivity index (χ0n) is 14.9. The lowest BCUT2D eigenvalue weighted by atomic mass is 9.99. The van der Waals surface area contributed by atoms with E-state index in [0.29, 0.717) is 6.54 Å². The number of hydrogen-bond acceptors (Lipinski definition) is 2. The predicted octanol–water partition coefficient (Wildman–Crippen LogP) is 3.96. The van der Waals surface area contributed by atoms with Crippen molar-refractivity contribution in [3.63, 3.8) is 0 Å². The molecule has 1 atom stereocenters. The Morgan fingerprint density at radius 3 is 2.58 bits per heavy atom. The van der Waals surface area contributed by atoms with Crippen LogP contribution < -0.4 is 4.74 Å². The van der Waals surface area contributed by atoms with Crippen LogP contribution in [0.15, 0.2) is 36.4 Å². The highest BCUT2D eigenvalue weighted by molar-refractivity contribution is 5.81. The number of nitrogens with zero attached hydrogens (tertiary/aromatic N) is 1. The summed E-state index contributed by atoms with van der Waals surface area (Å²) in [7, 11) is 0. The number of amides is 1. The summed E-state index contributed by atoms with van der Waals surface area (Å²) in [5.41, 5.74) is 6.03. The number of benzene rings is 2. The van der Waals surface area contributed by atoms with Gasteiger partial charge in [-0.3, -0.25) is 4.79 Å². The summed E-state index contributed by atoms with van der Waals surface area (Å²) in [5, 5.41) is 0. The quantitative estimate of drug-likeness (QED) is 0.855. The number of carbonyl (C=O) groups excluding carboxylic acids is 1. The van der Waals surface area contributed by atoms with Gasteiger partial charge in [-0.15, -0.1) is 0 Å². The van der Waals surface area contributed by atoms with E-state index in [2.05, 4.69) is 31.2 Å².